The molecule has 1 nitrogen and oxygen atoms in total. The summed E-state index contributed by atoms with van der Waals surface area (Å²) in [5, 5.41) is 0. The number of hydrogen-bond donors (Lipinski definition) is 0. The Morgan fingerprint density at radius 1 is 1.07 bits per heavy atom. The van der Waals surface area contributed by atoms with Crippen LogP contribution in [0.3, 0.4) is 0 Å². The maximum atomic E-state index is 4.96. The van der Waals surface area contributed by atoms with Gasteiger partial charge in [0.05, 0.1) is 5.54 Å². The summed E-state index contributed by atoms with van der Waals surface area (Å²) < 4.78 is 0. The largest absolute Gasteiger partial charge is 0.278 e. The fraction of sp³-hybridized carbons (Fsp3) is 0.500. The summed E-state index contributed by atoms with van der Waals surface area (Å²) in [4.78, 5) is 4.96. The third-order valence-electron chi connectivity index (χ3n) is 3.88. The molecule has 1 aromatic rings. The van der Waals surface area contributed by atoms with Crippen molar-refractivity contribution in [3.63, 3.8) is 0 Å². The minimum absolute atomic E-state index is 0.166. The molecule has 15 heavy (non-hydrogen) atoms. The second-order valence-electron chi connectivity index (χ2n) is 4.84. The highest BCUT2D eigenvalue weighted by atomic mass is 14.9. The van der Waals surface area contributed by atoms with E-state index in [1.165, 1.54) is 48.9 Å². The first kappa shape index (κ1) is 9.14. The van der Waals surface area contributed by atoms with Gasteiger partial charge in [-0.1, -0.05) is 43.5 Å². The molecule has 0 N–H and O–H groups in total. The average Bonchev–Trinajstić information content (AvgIpc) is 2.55. The monoisotopic (exact) mass is 199 g/mol. The second kappa shape index (κ2) is 3.19. The van der Waals surface area contributed by atoms with Crippen LogP contribution in [0.4, 0.5) is 0 Å². The van der Waals surface area contributed by atoms with Crippen molar-refractivity contribution >= 4 is 5.71 Å². The minimum atomic E-state index is 0.166. The predicted octanol–water partition coefficient (Wildman–Crippen LogP) is 3.67. The van der Waals surface area contributed by atoms with Crippen LogP contribution in [-0.4, -0.2) is 5.71 Å². The van der Waals surface area contributed by atoms with Crippen molar-refractivity contribution in [2.24, 2.45) is 4.99 Å². The molecule has 78 valence electrons. The summed E-state index contributed by atoms with van der Waals surface area (Å²) in [6.07, 6.45) is 6.57. The van der Waals surface area contributed by atoms with Crippen molar-refractivity contribution in [3.05, 3.63) is 35.4 Å². The van der Waals surface area contributed by atoms with E-state index in [9.17, 15) is 0 Å². The van der Waals surface area contributed by atoms with E-state index in [-0.39, 0.29) is 5.54 Å². The van der Waals surface area contributed by atoms with Crippen molar-refractivity contribution in [1.29, 1.82) is 0 Å². The highest BCUT2D eigenvalue weighted by Crippen LogP contribution is 2.45. The highest BCUT2D eigenvalue weighted by Gasteiger charge is 2.39. The van der Waals surface area contributed by atoms with E-state index in [1.807, 2.05) is 0 Å². The van der Waals surface area contributed by atoms with Gasteiger partial charge in [0.1, 0.15) is 0 Å². The minimum Gasteiger partial charge on any atom is -0.278 e. The lowest BCUT2D eigenvalue weighted by Crippen LogP contribution is -2.24. The smallest absolute Gasteiger partial charge is 0.0866 e. The lowest BCUT2D eigenvalue weighted by molar-refractivity contribution is 0.310. The Morgan fingerprint density at radius 2 is 1.80 bits per heavy atom. The Hall–Kier alpha value is -1.11. The van der Waals surface area contributed by atoms with Crippen LogP contribution in [0.25, 0.3) is 0 Å². The van der Waals surface area contributed by atoms with Gasteiger partial charge in [-0.05, 0) is 25.3 Å². The van der Waals surface area contributed by atoms with Crippen LogP contribution in [0.1, 0.15) is 50.2 Å². The Balaban J connectivity index is 2.13. The molecule has 1 aliphatic carbocycles. The van der Waals surface area contributed by atoms with Crippen LogP contribution in [0.15, 0.2) is 29.3 Å². The second-order valence-corrected chi connectivity index (χ2v) is 4.84. The van der Waals surface area contributed by atoms with Crippen molar-refractivity contribution in [3.8, 4) is 0 Å². The summed E-state index contributed by atoms with van der Waals surface area (Å²) in [7, 11) is 0. The summed E-state index contributed by atoms with van der Waals surface area (Å²) in [6, 6.07) is 8.78. The first-order chi connectivity index (χ1) is 7.32. The molecule has 0 atom stereocenters. The molecule has 1 spiro atoms. The van der Waals surface area contributed by atoms with Crippen LogP contribution >= 0.6 is 0 Å². The first-order valence-corrected chi connectivity index (χ1v) is 5.98. The van der Waals surface area contributed by atoms with Gasteiger partial charge in [-0.3, -0.25) is 4.99 Å². The molecule has 1 fully saturated rings. The molecular weight excluding hydrogens is 182 g/mol. The Labute approximate surface area is 91.2 Å². The van der Waals surface area contributed by atoms with Gasteiger partial charge in [0, 0.05) is 11.3 Å². The lowest BCUT2D eigenvalue weighted by Gasteiger charge is -2.31. The van der Waals surface area contributed by atoms with Gasteiger partial charge in [0.25, 0.3) is 0 Å². The van der Waals surface area contributed by atoms with Crippen LogP contribution in [0, 0.1) is 0 Å². The lowest BCUT2D eigenvalue weighted by atomic mass is 9.77. The van der Waals surface area contributed by atoms with Crippen molar-refractivity contribution in [2.75, 3.05) is 0 Å². The van der Waals surface area contributed by atoms with E-state index in [1.54, 1.807) is 0 Å². The maximum absolute atomic E-state index is 4.96. The fourth-order valence-electron chi connectivity index (χ4n) is 3.16. The van der Waals surface area contributed by atoms with Gasteiger partial charge in [0.15, 0.2) is 0 Å². The zero-order valence-electron chi connectivity index (χ0n) is 9.29. The molecule has 1 saturated carbocycles. The number of rotatable bonds is 0. The number of hydrogen-bond acceptors (Lipinski definition) is 1. The van der Waals surface area contributed by atoms with Crippen LogP contribution < -0.4 is 0 Å². The number of fused-ring (bicyclic) bond motifs is 2. The van der Waals surface area contributed by atoms with E-state index in [2.05, 4.69) is 31.2 Å². The molecule has 1 aliphatic heterocycles. The van der Waals surface area contributed by atoms with E-state index < -0.39 is 0 Å². The van der Waals surface area contributed by atoms with E-state index in [4.69, 9.17) is 4.99 Å². The van der Waals surface area contributed by atoms with Crippen molar-refractivity contribution < 1.29 is 0 Å². The molecular formula is C14H17N. The van der Waals surface area contributed by atoms with E-state index in [0.29, 0.717) is 0 Å². The first-order valence-electron chi connectivity index (χ1n) is 5.98. The fourth-order valence-corrected chi connectivity index (χ4v) is 3.16. The molecule has 2 aliphatic rings. The molecule has 1 heterocycles. The zero-order valence-corrected chi connectivity index (χ0v) is 9.29. The van der Waals surface area contributed by atoms with Crippen LogP contribution in [-0.2, 0) is 5.54 Å². The van der Waals surface area contributed by atoms with Gasteiger partial charge in [0.2, 0.25) is 0 Å². The normalized spacial score (nSPS) is 22.6. The predicted molar refractivity (Wildman–Crippen MR) is 63.4 cm³/mol. The molecule has 0 saturated heterocycles. The molecule has 0 radical (unpaired) electrons. The average molecular weight is 199 g/mol. The van der Waals surface area contributed by atoms with Crippen LogP contribution in [0.5, 0.6) is 0 Å². The van der Waals surface area contributed by atoms with Crippen molar-refractivity contribution in [1.82, 2.24) is 0 Å². The molecule has 0 unspecified atom stereocenters. The summed E-state index contributed by atoms with van der Waals surface area (Å²) in [5.41, 5.74) is 4.29. The molecule has 0 bridgehead atoms. The van der Waals surface area contributed by atoms with Crippen molar-refractivity contribution in [2.45, 2.75) is 44.6 Å². The molecule has 1 aromatic carbocycles. The Morgan fingerprint density at radius 3 is 2.60 bits per heavy atom. The molecule has 1 heteroatoms. The molecule has 3 rings (SSSR count). The summed E-state index contributed by atoms with van der Waals surface area (Å²) in [5.74, 6) is 0. The van der Waals surface area contributed by atoms with E-state index in [0.717, 1.165) is 0 Å². The number of nitrogens with zero attached hydrogens (tertiary/aromatic N) is 1. The quantitative estimate of drug-likeness (QED) is 0.604. The third kappa shape index (κ3) is 1.26. The Bertz CT molecular complexity index is 411. The molecule has 0 amide bonds. The molecule has 0 aromatic heterocycles. The SMILES string of the molecule is CC1=NC2(CCCCC2)c2ccccc21. The third-order valence-corrected chi connectivity index (χ3v) is 3.88. The highest BCUT2D eigenvalue weighted by molar-refractivity contribution is 6.03. The number of aliphatic imine (C=N–C) groups is 1. The van der Waals surface area contributed by atoms with E-state index >= 15 is 0 Å². The summed E-state index contributed by atoms with van der Waals surface area (Å²) in [6.45, 7) is 2.15. The van der Waals surface area contributed by atoms with Crippen LogP contribution in [0.2, 0.25) is 0 Å². The van der Waals surface area contributed by atoms with Gasteiger partial charge in [-0.25, -0.2) is 0 Å². The van der Waals surface area contributed by atoms with Gasteiger partial charge in [-0.2, -0.15) is 0 Å². The van der Waals surface area contributed by atoms with Gasteiger partial charge >= 0.3 is 0 Å². The Kier molecular flexibility index (Phi) is 1.95. The topological polar surface area (TPSA) is 12.4 Å². The summed E-state index contributed by atoms with van der Waals surface area (Å²) >= 11 is 0. The van der Waals surface area contributed by atoms with Gasteiger partial charge in [-0.15, -0.1) is 0 Å². The number of benzene rings is 1. The maximum Gasteiger partial charge on any atom is 0.0866 e. The van der Waals surface area contributed by atoms with Gasteiger partial charge < -0.3 is 0 Å². The zero-order chi connectivity index (χ0) is 10.3. The standard InChI is InChI=1S/C14H17N/c1-11-12-7-3-4-8-13(12)14(15-11)9-5-2-6-10-14/h3-4,7-8H,2,5-6,9-10H2,1H3.